The molecule has 2 heterocycles. The Morgan fingerprint density at radius 2 is 1.95 bits per heavy atom. The summed E-state index contributed by atoms with van der Waals surface area (Å²) < 4.78 is 5.43. The van der Waals surface area contributed by atoms with Crippen molar-refractivity contribution in [3.8, 4) is 0 Å². The van der Waals surface area contributed by atoms with Gasteiger partial charge in [-0.2, -0.15) is 0 Å². The summed E-state index contributed by atoms with van der Waals surface area (Å²) >= 11 is 1.35. The first-order valence-corrected chi connectivity index (χ1v) is 16.3. The van der Waals surface area contributed by atoms with Crippen molar-refractivity contribution in [1.29, 1.82) is 0 Å². The second-order valence-corrected chi connectivity index (χ2v) is 12.4. The first-order valence-electron chi connectivity index (χ1n) is 15.4. The average molecular weight is 623 g/mol. The van der Waals surface area contributed by atoms with Gasteiger partial charge in [0.05, 0.1) is 11.0 Å². The molecule has 242 valence electrons. The van der Waals surface area contributed by atoms with Crippen molar-refractivity contribution in [2.45, 2.75) is 97.6 Å². The number of nitrogens with one attached hydrogen (secondary N) is 2. The zero-order valence-electron chi connectivity index (χ0n) is 26.4. The SMILES string of the molecule is CCCC(=O)OCN(CCCc1nc(C(=O)NCCC(C)C(N)=O)cs1)C(=O)C(NC(=O)C1CCCCN1C)C(C)CC. The van der Waals surface area contributed by atoms with E-state index in [1.54, 1.807) is 12.3 Å². The Kier molecular flexibility index (Phi) is 15.6. The molecule has 4 amide bonds. The Hall–Kier alpha value is -3.06. The molecule has 4 unspecified atom stereocenters. The third-order valence-corrected chi connectivity index (χ3v) is 8.86. The lowest BCUT2D eigenvalue weighted by Gasteiger charge is -2.35. The quantitative estimate of drug-likeness (QED) is 0.166. The molecule has 0 aliphatic carbocycles. The number of aromatic nitrogens is 1. The van der Waals surface area contributed by atoms with Gasteiger partial charge in [-0.05, 0) is 51.6 Å². The standard InChI is InChI=1S/C30H50N6O6S/c1-6-11-25(37)42-19-36(30(41)26(20(3)7-2)34-29(40)23-12-8-9-16-35(23)5)17-10-13-24-33-22(18-43-24)28(39)32-15-14-21(4)27(31)38/h18,20-21,23,26H,6-17,19H2,1-5H3,(H2,31,38)(H,32,39)(H,34,40). The fourth-order valence-corrected chi connectivity index (χ4v) is 5.61. The van der Waals surface area contributed by atoms with Crippen molar-refractivity contribution in [3.63, 3.8) is 0 Å². The molecule has 4 atom stereocenters. The number of amides is 4. The molecule has 43 heavy (non-hydrogen) atoms. The number of carbonyl (C=O) groups excluding carboxylic acids is 5. The van der Waals surface area contributed by atoms with E-state index in [2.05, 4.69) is 15.6 Å². The smallest absolute Gasteiger partial charge is 0.307 e. The van der Waals surface area contributed by atoms with Crippen molar-refractivity contribution in [2.75, 3.05) is 33.4 Å². The molecule has 1 fully saturated rings. The number of likely N-dealkylation sites (N-methyl/N-ethyl adjacent to an activating group) is 1. The van der Waals surface area contributed by atoms with E-state index in [4.69, 9.17) is 10.5 Å². The van der Waals surface area contributed by atoms with Gasteiger partial charge in [-0.25, -0.2) is 4.98 Å². The molecule has 1 aromatic heterocycles. The molecule has 1 aromatic rings. The fourth-order valence-electron chi connectivity index (χ4n) is 4.79. The monoisotopic (exact) mass is 622 g/mol. The van der Waals surface area contributed by atoms with Crippen LogP contribution in [0.15, 0.2) is 5.38 Å². The maximum absolute atomic E-state index is 13.9. The van der Waals surface area contributed by atoms with Gasteiger partial charge in [-0.15, -0.1) is 11.3 Å². The topological polar surface area (TPSA) is 164 Å². The molecule has 0 aromatic carbocycles. The molecule has 0 spiro atoms. The minimum Gasteiger partial charge on any atom is -0.444 e. The van der Waals surface area contributed by atoms with E-state index in [0.29, 0.717) is 44.3 Å². The molecule has 2 rings (SSSR count). The predicted molar refractivity (Wildman–Crippen MR) is 165 cm³/mol. The van der Waals surface area contributed by atoms with Gasteiger partial charge in [-0.3, -0.25) is 28.9 Å². The average Bonchev–Trinajstić information content (AvgIpc) is 3.46. The van der Waals surface area contributed by atoms with Crippen molar-refractivity contribution >= 4 is 40.9 Å². The molecule has 0 saturated carbocycles. The summed E-state index contributed by atoms with van der Waals surface area (Å²) in [5.74, 6) is -2.00. The lowest BCUT2D eigenvalue weighted by molar-refractivity contribution is -0.155. The minimum absolute atomic E-state index is 0.120. The van der Waals surface area contributed by atoms with Gasteiger partial charge in [0, 0.05) is 37.2 Å². The molecule has 1 saturated heterocycles. The number of nitrogens with zero attached hydrogens (tertiary/aromatic N) is 3. The zero-order valence-corrected chi connectivity index (χ0v) is 27.2. The number of piperidine rings is 1. The van der Waals surface area contributed by atoms with Crippen molar-refractivity contribution in [1.82, 2.24) is 25.4 Å². The number of carbonyl (C=O) groups is 5. The van der Waals surface area contributed by atoms with Crippen LogP contribution in [-0.4, -0.2) is 89.9 Å². The Morgan fingerprint density at radius 3 is 2.60 bits per heavy atom. The summed E-state index contributed by atoms with van der Waals surface area (Å²) in [6.07, 6.45) is 5.83. The maximum Gasteiger partial charge on any atom is 0.307 e. The van der Waals surface area contributed by atoms with Crippen LogP contribution in [0.5, 0.6) is 0 Å². The highest BCUT2D eigenvalue weighted by Gasteiger charge is 2.34. The summed E-state index contributed by atoms with van der Waals surface area (Å²) in [6, 6.07) is -1.02. The Bertz CT molecular complexity index is 1080. The molecular weight excluding hydrogens is 572 g/mol. The van der Waals surface area contributed by atoms with E-state index in [1.807, 2.05) is 32.7 Å². The van der Waals surface area contributed by atoms with Crippen LogP contribution in [0, 0.1) is 11.8 Å². The lowest BCUT2D eigenvalue weighted by Crippen LogP contribution is -2.57. The first-order chi connectivity index (χ1) is 20.5. The highest BCUT2D eigenvalue weighted by molar-refractivity contribution is 7.09. The Labute approximate surface area is 259 Å². The van der Waals surface area contributed by atoms with E-state index >= 15 is 0 Å². The van der Waals surface area contributed by atoms with Gasteiger partial charge in [-0.1, -0.05) is 40.5 Å². The number of likely N-dealkylation sites (tertiary alicyclic amines) is 1. The van der Waals surface area contributed by atoms with Gasteiger partial charge >= 0.3 is 5.97 Å². The van der Waals surface area contributed by atoms with Gasteiger partial charge in [0.2, 0.25) is 17.7 Å². The van der Waals surface area contributed by atoms with Gasteiger partial charge < -0.3 is 26.0 Å². The number of primary amides is 1. The highest BCUT2D eigenvalue weighted by Crippen LogP contribution is 2.18. The summed E-state index contributed by atoms with van der Waals surface area (Å²) in [5.41, 5.74) is 5.56. The second kappa shape index (κ2) is 18.6. The van der Waals surface area contributed by atoms with Crippen LogP contribution in [0.25, 0.3) is 0 Å². The molecule has 13 heteroatoms. The molecule has 1 aliphatic heterocycles. The van der Waals surface area contributed by atoms with E-state index < -0.39 is 11.9 Å². The fraction of sp³-hybridized carbons (Fsp3) is 0.733. The lowest BCUT2D eigenvalue weighted by atomic mass is 9.96. The van der Waals surface area contributed by atoms with Crippen molar-refractivity contribution in [3.05, 3.63) is 16.1 Å². The van der Waals surface area contributed by atoms with Crippen LogP contribution in [0.3, 0.4) is 0 Å². The molecule has 0 radical (unpaired) electrons. The number of rotatable bonds is 18. The van der Waals surface area contributed by atoms with Crippen LogP contribution in [0.1, 0.15) is 94.6 Å². The third-order valence-electron chi connectivity index (χ3n) is 7.95. The van der Waals surface area contributed by atoms with Gasteiger partial charge in [0.25, 0.3) is 5.91 Å². The van der Waals surface area contributed by atoms with E-state index in [-0.39, 0.29) is 61.3 Å². The maximum atomic E-state index is 13.9. The Balaban J connectivity index is 2.05. The summed E-state index contributed by atoms with van der Waals surface area (Å²) in [4.78, 5) is 70.8. The number of hydrogen-bond donors (Lipinski definition) is 3. The van der Waals surface area contributed by atoms with Gasteiger partial charge in [0.1, 0.15) is 11.7 Å². The van der Waals surface area contributed by atoms with Crippen molar-refractivity contribution in [2.24, 2.45) is 17.6 Å². The van der Waals surface area contributed by atoms with Crippen LogP contribution in [-0.2, 0) is 30.3 Å². The number of aryl methyl sites for hydroxylation is 1. The summed E-state index contributed by atoms with van der Waals surface area (Å²) in [5, 5.41) is 8.19. The third kappa shape index (κ3) is 11.9. The number of hydrogen-bond acceptors (Lipinski definition) is 9. The zero-order chi connectivity index (χ0) is 31.9. The molecular formula is C30H50N6O6S. The number of thiazole rings is 1. The first kappa shape index (κ1) is 36.1. The largest absolute Gasteiger partial charge is 0.444 e. The molecule has 0 bridgehead atoms. The van der Waals surface area contributed by atoms with Gasteiger partial charge in [0.15, 0.2) is 6.73 Å². The van der Waals surface area contributed by atoms with Crippen LogP contribution in [0.2, 0.25) is 0 Å². The van der Waals surface area contributed by atoms with Crippen LogP contribution in [0.4, 0.5) is 0 Å². The molecule has 1 aliphatic rings. The molecule has 12 nitrogen and oxygen atoms in total. The van der Waals surface area contributed by atoms with Crippen LogP contribution >= 0.6 is 11.3 Å². The van der Waals surface area contributed by atoms with Crippen molar-refractivity contribution < 1.29 is 28.7 Å². The van der Waals surface area contributed by atoms with E-state index in [9.17, 15) is 24.0 Å². The molecule has 4 N–H and O–H groups in total. The number of nitrogens with two attached hydrogens (primary N) is 1. The minimum atomic E-state index is -0.745. The predicted octanol–water partition coefficient (Wildman–Crippen LogP) is 2.46. The second-order valence-electron chi connectivity index (χ2n) is 11.4. The van der Waals surface area contributed by atoms with Crippen LogP contribution < -0.4 is 16.4 Å². The summed E-state index contributed by atoms with van der Waals surface area (Å²) in [6.45, 7) is 8.75. The van der Waals surface area contributed by atoms with E-state index in [0.717, 1.165) is 30.8 Å². The number of esters is 1. The van der Waals surface area contributed by atoms with E-state index in [1.165, 1.54) is 16.2 Å². The normalized spacial score (nSPS) is 17.4. The highest BCUT2D eigenvalue weighted by atomic mass is 32.1. The Morgan fingerprint density at radius 1 is 1.21 bits per heavy atom. The number of ether oxygens (including phenoxy) is 1. The summed E-state index contributed by atoms with van der Waals surface area (Å²) in [7, 11) is 1.93.